The maximum atomic E-state index is 11.9. The number of carboxylic acids is 1. The first-order valence-electron chi connectivity index (χ1n) is 5.59. The van der Waals surface area contributed by atoms with Gasteiger partial charge in [0.2, 0.25) is 15.4 Å². The van der Waals surface area contributed by atoms with Crippen molar-refractivity contribution in [3.63, 3.8) is 0 Å². The number of rotatable bonds is 6. The molecule has 1 amide bonds. The zero-order valence-corrected chi connectivity index (χ0v) is 12.0. The molecule has 0 unspecified atom stereocenters. The van der Waals surface area contributed by atoms with Crippen molar-refractivity contribution < 1.29 is 23.1 Å². The summed E-state index contributed by atoms with van der Waals surface area (Å²) in [5.74, 6) is -1.41. The van der Waals surface area contributed by atoms with Gasteiger partial charge in [-0.1, -0.05) is 11.3 Å². The van der Waals surface area contributed by atoms with Crippen LogP contribution in [-0.4, -0.2) is 42.1 Å². The summed E-state index contributed by atoms with van der Waals surface area (Å²) in [5.41, 5.74) is -1.00. The van der Waals surface area contributed by atoms with Crippen LogP contribution in [-0.2, 0) is 19.6 Å². The molecule has 0 spiro atoms. The molecule has 0 saturated heterocycles. The molecule has 0 aromatic carbocycles. The highest BCUT2D eigenvalue weighted by Crippen LogP contribution is 2.45. The van der Waals surface area contributed by atoms with Crippen LogP contribution in [0.3, 0.4) is 0 Å². The number of carbonyl (C=O) groups is 2. The van der Waals surface area contributed by atoms with Gasteiger partial charge >= 0.3 is 5.97 Å². The van der Waals surface area contributed by atoms with Crippen molar-refractivity contribution in [1.82, 2.24) is 14.9 Å². The number of carbonyl (C=O) groups excluding carboxylic acids is 1. The van der Waals surface area contributed by atoms with Gasteiger partial charge in [0.15, 0.2) is 0 Å². The average molecular weight is 320 g/mol. The monoisotopic (exact) mass is 320 g/mol. The number of aliphatic carboxylic acids is 1. The van der Waals surface area contributed by atoms with Gasteiger partial charge in [0.25, 0.3) is 10.0 Å². The first-order valence-corrected chi connectivity index (χ1v) is 7.89. The van der Waals surface area contributed by atoms with Gasteiger partial charge in [0, 0.05) is 13.5 Å². The Balaban J connectivity index is 2.05. The van der Waals surface area contributed by atoms with E-state index in [2.05, 4.69) is 20.2 Å². The molecule has 3 N–H and O–H groups in total. The smallest absolute Gasteiger partial charge is 0.310 e. The molecule has 1 aromatic rings. The molecule has 110 valence electrons. The fourth-order valence-corrected chi connectivity index (χ4v) is 3.55. The van der Waals surface area contributed by atoms with Gasteiger partial charge in [0.05, 0.1) is 5.41 Å². The summed E-state index contributed by atoms with van der Waals surface area (Å²) in [4.78, 5) is 21.8. The minimum Gasteiger partial charge on any atom is -0.481 e. The van der Waals surface area contributed by atoms with Crippen LogP contribution >= 0.6 is 11.3 Å². The maximum absolute atomic E-state index is 11.9. The number of amides is 1. The molecule has 1 aromatic heterocycles. The van der Waals surface area contributed by atoms with Crippen LogP contribution in [0.1, 0.15) is 19.8 Å². The van der Waals surface area contributed by atoms with E-state index in [1.54, 1.807) is 0 Å². The zero-order chi connectivity index (χ0) is 15.0. The van der Waals surface area contributed by atoms with Crippen molar-refractivity contribution in [2.75, 3.05) is 11.9 Å². The highest BCUT2D eigenvalue weighted by molar-refractivity contribution is 7.91. The van der Waals surface area contributed by atoms with Crippen LogP contribution in [0.5, 0.6) is 0 Å². The van der Waals surface area contributed by atoms with Gasteiger partial charge in [-0.05, 0) is 12.8 Å². The van der Waals surface area contributed by atoms with Gasteiger partial charge < -0.3 is 10.4 Å². The molecule has 1 aliphatic carbocycles. The molecule has 1 heterocycles. The lowest BCUT2D eigenvalue weighted by Gasteiger charge is -2.09. The Morgan fingerprint density at radius 3 is 2.55 bits per heavy atom. The molecular weight excluding hydrogens is 308 g/mol. The Kier molecular flexibility index (Phi) is 3.75. The Morgan fingerprint density at radius 1 is 1.40 bits per heavy atom. The molecule has 0 atom stereocenters. The van der Waals surface area contributed by atoms with E-state index in [1.165, 1.54) is 6.92 Å². The lowest BCUT2D eigenvalue weighted by atomic mass is 10.1. The third-order valence-corrected chi connectivity index (χ3v) is 5.43. The SMILES string of the molecule is CC(=O)Nc1nnc(S(=O)(=O)NCC2(C(=O)O)CC2)s1. The summed E-state index contributed by atoms with van der Waals surface area (Å²) in [6.07, 6.45) is 0.885. The summed E-state index contributed by atoms with van der Waals surface area (Å²) < 4.78 is 25.7. The quantitative estimate of drug-likeness (QED) is 0.608. The first-order chi connectivity index (χ1) is 9.25. The molecule has 2 rings (SSSR count). The van der Waals surface area contributed by atoms with E-state index in [0.717, 1.165) is 0 Å². The number of sulfonamides is 1. The number of hydrogen-bond donors (Lipinski definition) is 3. The van der Waals surface area contributed by atoms with Gasteiger partial charge in [-0.15, -0.1) is 10.2 Å². The lowest BCUT2D eigenvalue weighted by molar-refractivity contribution is -0.143. The third-order valence-electron chi connectivity index (χ3n) is 2.83. The van der Waals surface area contributed by atoms with Crippen LogP contribution in [0.15, 0.2) is 4.34 Å². The van der Waals surface area contributed by atoms with Gasteiger partial charge in [-0.2, -0.15) is 0 Å². The Labute approximate surface area is 118 Å². The first kappa shape index (κ1) is 14.8. The predicted molar refractivity (Wildman–Crippen MR) is 68.7 cm³/mol. The van der Waals surface area contributed by atoms with Crippen LogP contribution in [0, 0.1) is 5.41 Å². The van der Waals surface area contributed by atoms with Gasteiger partial charge in [-0.3, -0.25) is 9.59 Å². The Hall–Kier alpha value is -1.59. The molecule has 0 radical (unpaired) electrons. The minimum atomic E-state index is -3.92. The van der Waals surface area contributed by atoms with Crippen molar-refractivity contribution in [3.8, 4) is 0 Å². The molecule has 0 aliphatic heterocycles. The lowest BCUT2D eigenvalue weighted by Crippen LogP contribution is -2.34. The minimum absolute atomic E-state index is 0.0669. The zero-order valence-electron chi connectivity index (χ0n) is 10.4. The van der Waals surface area contributed by atoms with E-state index in [1.807, 2.05) is 0 Å². The normalized spacial score (nSPS) is 16.6. The predicted octanol–water partition coefficient (Wildman–Crippen LogP) is -0.360. The summed E-state index contributed by atoms with van der Waals surface area (Å²) in [5, 5.41) is 18.3. The highest BCUT2D eigenvalue weighted by atomic mass is 32.2. The molecule has 20 heavy (non-hydrogen) atoms. The Morgan fingerprint density at radius 2 is 2.05 bits per heavy atom. The number of aromatic nitrogens is 2. The van der Waals surface area contributed by atoms with E-state index in [4.69, 9.17) is 5.11 Å². The molecular formula is C9H12N4O5S2. The average Bonchev–Trinajstić information content (AvgIpc) is 3.00. The topological polar surface area (TPSA) is 138 Å². The standard InChI is InChI=1S/C9H12N4O5S2/c1-5(14)11-7-12-13-8(19-7)20(17,18)10-4-9(2-3-9)6(15)16/h10H,2-4H2,1H3,(H,15,16)(H,11,12,14). The van der Waals surface area contributed by atoms with Crippen molar-refractivity contribution in [2.24, 2.45) is 5.41 Å². The Bertz CT molecular complexity index is 649. The number of hydrogen-bond acceptors (Lipinski definition) is 7. The summed E-state index contributed by atoms with van der Waals surface area (Å²) in [6, 6.07) is 0. The number of nitrogens with one attached hydrogen (secondary N) is 2. The number of nitrogens with zero attached hydrogens (tertiary/aromatic N) is 2. The molecule has 9 nitrogen and oxygen atoms in total. The van der Waals surface area contributed by atoms with E-state index < -0.39 is 21.4 Å². The second-order valence-electron chi connectivity index (χ2n) is 4.46. The fraction of sp³-hybridized carbons (Fsp3) is 0.556. The third kappa shape index (κ3) is 3.11. The van der Waals surface area contributed by atoms with Crippen molar-refractivity contribution in [2.45, 2.75) is 24.1 Å². The van der Waals surface area contributed by atoms with Crippen molar-refractivity contribution in [3.05, 3.63) is 0 Å². The molecule has 1 aliphatic rings. The molecule has 0 bridgehead atoms. The van der Waals surface area contributed by atoms with Crippen LogP contribution in [0.2, 0.25) is 0 Å². The molecule has 11 heteroatoms. The van der Waals surface area contributed by atoms with Gasteiger partial charge in [-0.25, -0.2) is 13.1 Å². The maximum Gasteiger partial charge on any atom is 0.310 e. The largest absolute Gasteiger partial charge is 0.481 e. The fourth-order valence-electron chi connectivity index (χ4n) is 1.43. The number of carboxylic acid groups (broad SMARTS) is 1. The van der Waals surface area contributed by atoms with Crippen LogP contribution in [0.25, 0.3) is 0 Å². The second-order valence-corrected chi connectivity index (χ2v) is 7.38. The van der Waals surface area contributed by atoms with E-state index in [-0.39, 0.29) is 21.9 Å². The highest BCUT2D eigenvalue weighted by Gasteiger charge is 2.50. The van der Waals surface area contributed by atoms with Crippen molar-refractivity contribution >= 4 is 38.4 Å². The van der Waals surface area contributed by atoms with E-state index in [0.29, 0.717) is 24.2 Å². The summed E-state index contributed by atoms with van der Waals surface area (Å²) in [6.45, 7) is 1.08. The number of anilines is 1. The van der Waals surface area contributed by atoms with Crippen molar-refractivity contribution in [1.29, 1.82) is 0 Å². The molecule has 1 saturated carbocycles. The van der Waals surface area contributed by atoms with E-state index >= 15 is 0 Å². The summed E-state index contributed by atoms with van der Waals surface area (Å²) >= 11 is 0.695. The van der Waals surface area contributed by atoms with E-state index in [9.17, 15) is 18.0 Å². The van der Waals surface area contributed by atoms with Gasteiger partial charge in [0.1, 0.15) is 0 Å². The summed E-state index contributed by atoms with van der Waals surface area (Å²) in [7, 11) is -3.92. The van der Waals surface area contributed by atoms with Crippen LogP contribution < -0.4 is 10.0 Å². The van der Waals surface area contributed by atoms with Crippen LogP contribution in [0.4, 0.5) is 5.13 Å². The second kappa shape index (κ2) is 5.07. The molecule has 1 fully saturated rings.